The lowest BCUT2D eigenvalue weighted by Crippen LogP contribution is -2.66. The molecule has 0 aromatic carbocycles. The lowest BCUT2D eigenvalue weighted by Gasteiger charge is -2.44. The summed E-state index contributed by atoms with van der Waals surface area (Å²) in [6, 6.07) is 0. The highest BCUT2D eigenvalue weighted by Gasteiger charge is 2.53. The van der Waals surface area contributed by atoms with Crippen molar-refractivity contribution >= 4 is 29.8 Å². The molecule has 1 heterocycles. The van der Waals surface area contributed by atoms with Crippen LogP contribution in [-0.4, -0.2) is 67.0 Å². The van der Waals surface area contributed by atoms with Gasteiger partial charge in [0.1, 0.15) is 12.7 Å². The third-order valence-electron chi connectivity index (χ3n) is 5.07. The fourth-order valence-corrected chi connectivity index (χ4v) is 3.35. The van der Waals surface area contributed by atoms with E-state index in [0.29, 0.717) is 0 Å². The molecular weight excluding hydrogens is 414 g/mol. The van der Waals surface area contributed by atoms with E-state index in [-0.39, 0.29) is 24.3 Å². The minimum absolute atomic E-state index is 0.167. The van der Waals surface area contributed by atoms with Crippen molar-refractivity contribution in [3.63, 3.8) is 0 Å². The molecule has 1 amide bonds. The molecule has 3 fully saturated rings. The van der Waals surface area contributed by atoms with E-state index in [1.54, 1.807) is 0 Å². The maximum Gasteiger partial charge on any atom is 0.309 e. The zero-order valence-corrected chi connectivity index (χ0v) is 17.7. The number of amides is 1. The number of rotatable bonds is 8. The predicted molar refractivity (Wildman–Crippen MR) is 99.9 cm³/mol. The van der Waals surface area contributed by atoms with Crippen LogP contribution < -0.4 is 5.32 Å². The highest BCUT2D eigenvalue weighted by Crippen LogP contribution is 2.33. The third kappa shape index (κ3) is 6.39. The number of hydrogen-bond acceptors (Lipinski definition) is 10. The topological polar surface area (TPSA) is 144 Å². The fourth-order valence-electron chi connectivity index (χ4n) is 3.35. The first kappa shape index (κ1) is 23.0. The van der Waals surface area contributed by atoms with Gasteiger partial charge in [0.2, 0.25) is 5.91 Å². The standard InChI is InChI=1S/C20H27NO10/c1-9(22)28-15-14(8-27-20(26)13-6-7-13)31-19(21-18(25)12-4-5-12)17(30-11(3)24)16(15)29-10(2)23/h12-17,19H,4-8H2,1-3H3,(H,21,25)/t14?,15-,16?,17?,19+/m0/s1. The molecule has 1 N–H and O–H groups in total. The smallest absolute Gasteiger partial charge is 0.309 e. The summed E-state index contributed by atoms with van der Waals surface area (Å²) in [7, 11) is 0. The molecule has 11 heteroatoms. The predicted octanol–water partition coefficient (Wildman–Crippen LogP) is -0.0142. The molecule has 3 rings (SSSR count). The van der Waals surface area contributed by atoms with E-state index < -0.39 is 54.5 Å². The van der Waals surface area contributed by atoms with E-state index in [1.165, 1.54) is 0 Å². The van der Waals surface area contributed by atoms with Gasteiger partial charge in [-0.1, -0.05) is 0 Å². The van der Waals surface area contributed by atoms with Gasteiger partial charge in [-0.3, -0.25) is 24.0 Å². The van der Waals surface area contributed by atoms with Crippen LogP contribution in [0.1, 0.15) is 46.5 Å². The Morgan fingerprint density at radius 1 is 0.774 bits per heavy atom. The number of hydrogen-bond donors (Lipinski definition) is 1. The molecule has 1 saturated heterocycles. The Balaban J connectivity index is 1.85. The Bertz CT molecular complexity index is 744. The molecule has 3 aliphatic rings. The summed E-state index contributed by atoms with van der Waals surface area (Å²) in [5, 5.41) is 2.66. The van der Waals surface area contributed by atoms with Gasteiger partial charge >= 0.3 is 23.9 Å². The third-order valence-corrected chi connectivity index (χ3v) is 5.07. The molecule has 0 spiro atoms. The van der Waals surface area contributed by atoms with E-state index in [0.717, 1.165) is 46.5 Å². The van der Waals surface area contributed by atoms with Gasteiger partial charge in [-0.15, -0.1) is 0 Å². The van der Waals surface area contributed by atoms with Crippen LogP contribution in [0.2, 0.25) is 0 Å². The van der Waals surface area contributed by atoms with Crippen LogP contribution in [0.25, 0.3) is 0 Å². The second kappa shape index (κ2) is 9.63. The molecule has 2 aliphatic carbocycles. The molecule has 3 unspecified atom stereocenters. The molecule has 0 aromatic heterocycles. The van der Waals surface area contributed by atoms with Crippen LogP contribution >= 0.6 is 0 Å². The first-order chi connectivity index (χ1) is 14.7. The van der Waals surface area contributed by atoms with Crippen molar-refractivity contribution in [3.05, 3.63) is 0 Å². The van der Waals surface area contributed by atoms with E-state index in [4.69, 9.17) is 23.7 Å². The second-order valence-electron chi connectivity index (χ2n) is 8.00. The Labute approximate surface area is 179 Å². The first-order valence-corrected chi connectivity index (χ1v) is 10.3. The van der Waals surface area contributed by atoms with Gasteiger partial charge in [0.25, 0.3) is 0 Å². The second-order valence-corrected chi connectivity index (χ2v) is 8.00. The van der Waals surface area contributed by atoms with Crippen molar-refractivity contribution in [2.24, 2.45) is 11.8 Å². The average molecular weight is 441 g/mol. The van der Waals surface area contributed by atoms with Crippen molar-refractivity contribution in [1.29, 1.82) is 0 Å². The van der Waals surface area contributed by atoms with Crippen LogP contribution in [0.3, 0.4) is 0 Å². The van der Waals surface area contributed by atoms with Crippen molar-refractivity contribution in [2.45, 2.75) is 77.1 Å². The molecule has 0 bridgehead atoms. The number of esters is 4. The number of ether oxygens (including phenoxy) is 5. The molecule has 0 radical (unpaired) electrons. The molecule has 172 valence electrons. The average Bonchev–Trinajstić information content (AvgIpc) is 3.54. The lowest BCUT2D eigenvalue weighted by atomic mass is 9.97. The quantitative estimate of drug-likeness (QED) is 0.403. The molecule has 0 aromatic rings. The summed E-state index contributed by atoms with van der Waals surface area (Å²) >= 11 is 0. The van der Waals surface area contributed by atoms with Crippen LogP contribution in [0, 0.1) is 11.8 Å². The molecular formula is C20H27NO10. The van der Waals surface area contributed by atoms with Gasteiger partial charge in [-0.05, 0) is 25.7 Å². The normalized spacial score (nSPS) is 30.0. The van der Waals surface area contributed by atoms with E-state index in [1.807, 2.05) is 0 Å². The van der Waals surface area contributed by atoms with Crippen LogP contribution in [0.5, 0.6) is 0 Å². The van der Waals surface area contributed by atoms with E-state index >= 15 is 0 Å². The monoisotopic (exact) mass is 441 g/mol. The van der Waals surface area contributed by atoms with Crippen LogP contribution in [0.15, 0.2) is 0 Å². The zero-order chi connectivity index (χ0) is 22.7. The maximum atomic E-state index is 12.4. The highest BCUT2D eigenvalue weighted by atomic mass is 16.7. The Morgan fingerprint density at radius 2 is 1.29 bits per heavy atom. The largest absolute Gasteiger partial charge is 0.463 e. The van der Waals surface area contributed by atoms with E-state index in [9.17, 15) is 24.0 Å². The molecule has 1 aliphatic heterocycles. The molecule has 11 nitrogen and oxygen atoms in total. The highest BCUT2D eigenvalue weighted by molar-refractivity contribution is 5.81. The van der Waals surface area contributed by atoms with Gasteiger partial charge in [-0.25, -0.2) is 0 Å². The first-order valence-electron chi connectivity index (χ1n) is 10.3. The Kier molecular flexibility index (Phi) is 7.14. The minimum Gasteiger partial charge on any atom is -0.463 e. The summed E-state index contributed by atoms with van der Waals surface area (Å²) in [6.07, 6.45) is -3.12. The molecule has 5 atom stereocenters. The number of carbonyl (C=O) groups is 5. The fraction of sp³-hybridized carbons (Fsp3) is 0.750. The van der Waals surface area contributed by atoms with Crippen molar-refractivity contribution in [1.82, 2.24) is 5.32 Å². The van der Waals surface area contributed by atoms with E-state index in [2.05, 4.69) is 5.32 Å². The molecule has 2 saturated carbocycles. The van der Waals surface area contributed by atoms with Gasteiger partial charge in [-0.2, -0.15) is 0 Å². The Morgan fingerprint density at radius 3 is 1.81 bits per heavy atom. The number of carbonyl (C=O) groups excluding carboxylic acids is 5. The van der Waals surface area contributed by atoms with Gasteiger partial charge < -0.3 is 29.0 Å². The van der Waals surface area contributed by atoms with Gasteiger partial charge in [0.05, 0.1) is 5.92 Å². The summed E-state index contributed by atoms with van der Waals surface area (Å²) in [5.74, 6) is -3.19. The molecule has 31 heavy (non-hydrogen) atoms. The summed E-state index contributed by atoms with van der Waals surface area (Å²) in [5.41, 5.74) is 0. The van der Waals surface area contributed by atoms with Crippen LogP contribution in [0.4, 0.5) is 0 Å². The van der Waals surface area contributed by atoms with Crippen molar-refractivity contribution in [2.75, 3.05) is 6.61 Å². The van der Waals surface area contributed by atoms with Crippen molar-refractivity contribution in [3.8, 4) is 0 Å². The zero-order valence-electron chi connectivity index (χ0n) is 17.7. The number of nitrogens with one attached hydrogen (secondary N) is 1. The summed E-state index contributed by atoms with van der Waals surface area (Å²) in [4.78, 5) is 59.6. The van der Waals surface area contributed by atoms with Crippen molar-refractivity contribution < 1.29 is 47.7 Å². The summed E-state index contributed by atoms with van der Waals surface area (Å²) in [6.45, 7) is 3.15. The minimum atomic E-state index is -1.28. The van der Waals surface area contributed by atoms with Gasteiger partial charge in [0, 0.05) is 26.7 Å². The Hall–Kier alpha value is -2.69. The SMILES string of the molecule is CC(=O)OC1C(OC(C)=O)[C@H](NC(=O)C2CC2)OC(COC(=O)C2CC2)[C@@H]1OC(C)=O. The lowest BCUT2D eigenvalue weighted by molar-refractivity contribution is -0.257. The van der Waals surface area contributed by atoms with Crippen LogP contribution in [-0.2, 0) is 47.7 Å². The maximum absolute atomic E-state index is 12.4. The summed E-state index contributed by atoms with van der Waals surface area (Å²) < 4.78 is 27.1. The van der Waals surface area contributed by atoms with Gasteiger partial charge in [0.15, 0.2) is 24.5 Å².